The number of rotatable bonds is 5. The van der Waals surface area contributed by atoms with E-state index in [1.54, 1.807) is 0 Å². The van der Waals surface area contributed by atoms with Crippen molar-refractivity contribution < 1.29 is 4.74 Å². The molecule has 1 aliphatic rings. The quantitative estimate of drug-likeness (QED) is 0.881. The molecule has 2 heteroatoms. The highest BCUT2D eigenvalue weighted by Crippen LogP contribution is 2.30. The number of benzene rings is 2. The SMILES string of the molecule is CCCNC1CCC(Oc2cccc3ccccc23)C1. The number of hydrogen-bond donors (Lipinski definition) is 1. The summed E-state index contributed by atoms with van der Waals surface area (Å²) < 4.78 is 6.26. The van der Waals surface area contributed by atoms with Gasteiger partial charge in [-0.2, -0.15) is 0 Å². The van der Waals surface area contributed by atoms with Crippen LogP contribution in [0.25, 0.3) is 10.8 Å². The van der Waals surface area contributed by atoms with Crippen molar-refractivity contribution in [1.82, 2.24) is 5.32 Å². The van der Waals surface area contributed by atoms with Gasteiger partial charge in [0.15, 0.2) is 0 Å². The Balaban J connectivity index is 1.68. The molecule has 1 aliphatic carbocycles. The second-order valence-electron chi connectivity index (χ2n) is 5.68. The second-order valence-corrected chi connectivity index (χ2v) is 5.68. The molecule has 0 aromatic heterocycles. The fourth-order valence-corrected chi connectivity index (χ4v) is 3.06. The normalized spacial score (nSPS) is 22.2. The molecule has 0 amide bonds. The van der Waals surface area contributed by atoms with E-state index in [-0.39, 0.29) is 0 Å². The van der Waals surface area contributed by atoms with Gasteiger partial charge in [-0.25, -0.2) is 0 Å². The Morgan fingerprint density at radius 2 is 1.95 bits per heavy atom. The van der Waals surface area contributed by atoms with Crippen molar-refractivity contribution in [1.29, 1.82) is 0 Å². The standard InChI is InChI=1S/C18H23NO/c1-2-12-19-15-10-11-16(13-15)20-18-9-5-7-14-6-3-4-8-17(14)18/h3-9,15-16,19H,2,10-13H2,1H3. The lowest BCUT2D eigenvalue weighted by Crippen LogP contribution is -2.28. The van der Waals surface area contributed by atoms with Gasteiger partial charge >= 0.3 is 0 Å². The fraction of sp³-hybridized carbons (Fsp3) is 0.444. The van der Waals surface area contributed by atoms with Crippen LogP contribution in [0.1, 0.15) is 32.6 Å². The molecule has 20 heavy (non-hydrogen) atoms. The van der Waals surface area contributed by atoms with Crippen LogP contribution in [0.4, 0.5) is 0 Å². The average Bonchev–Trinajstić information content (AvgIpc) is 2.93. The number of fused-ring (bicyclic) bond motifs is 1. The predicted octanol–water partition coefficient (Wildman–Crippen LogP) is 4.14. The van der Waals surface area contributed by atoms with Crippen LogP contribution in [0.15, 0.2) is 42.5 Å². The summed E-state index contributed by atoms with van der Waals surface area (Å²) in [6.07, 6.45) is 5.07. The monoisotopic (exact) mass is 269 g/mol. The first kappa shape index (κ1) is 13.4. The zero-order valence-corrected chi connectivity index (χ0v) is 12.1. The van der Waals surface area contributed by atoms with E-state index >= 15 is 0 Å². The summed E-state index contributed by atoms with van der Waals surface area (Å²) in [7, 11) is 0. The highest BCUT2D eigenvalue weighted by atomic mass is 16.5. The van der Waals surface area contributed by atoms with Gasteiger partial charge in [-0.15, -0.1) is 0 Å². The summed E-state index contributed by atoms with van der Waals surface area (Å²) in [6, 6.07) is 15.4. The van der Waals surface area contributed by atoms with Gasteiger partial charge < -0.3 is 10.1 Å². The third-order valence-electron chi connectivity index (χ3n) is 4.11. The summed E-state index contributed by atoms with van der Waals surface area (Å²) >= 11 is 0. The Labute approximate surface area is 121 Å². The van der Waals surface area contributed by atoms with Gasteiger partial charge in [-0.05, 0) is 43.7 Å². The van der Waals surface area contributed by atoms with Gasteiger partial charge in [0.05, 0.1) is 0 Å². The number of hydrogen-bond acceptors (Lipinski definition) is 2. The first-order chi connectivity index (χ1) is 9.86. The Morgan fingerprint density at radius 3 is 2.85 bits per heavy atom. The van der Waals surface area contributed by atoms with Gasteiger partial charge in [-0.3, -0.25) is 0 Å². The molecular formula is C18H23NO. The van der Waals surface area contributed by atoms with Crippen molar-refractivity contribution in [2.24, 2.45) is 0 Å². The molecule has 0 bridgehead atoms. The van der Waals surface area contributed by atoms with Crippen molar-refractivity contribution in [2.45, 2.75) is 44.8 Å². The van der Waals surface area contributed by atoms with Crippen molar-refractivity contribution >= 4 is 10.8 Å². The van der Waals surface area contributed by atoms with E-state index in [2.05, 4.69) is 54.7 Å². The Hall–Kier alpha value is -1.54. The molecule has 0 radical (unpaired) electrons. The van der Waals surface area contributed by atoms with Crippen LogP contribution >= 0.6 is 0 Å². The topological polar surface area (TPSA) is 21.3 Å². The van der Waals surface area contributed by atoms with Crippen molar-refractivity contribution in [2.75, 3.05) is 6.54 Å². The molecule has 2 nitrogen and oxygen atoms in total. The lowest BCUT2D eigenvalue weighted by atomic mass is 10.1. The fourth-order valence-electron chi connectivity index (χ4n) is 3.06. The van der Waals surface area contributed by atoms with Gasteiger partial charge in [0, 0.05) is 11.4 Å². The van der Waals surface area contributed by atoms with Gasteiger partial charge in [0.1, 0.15) is 11.9 Å². The first-order valence-corrected chi connectivity index (χ1v) is 7.74. The van der Waals surface area contributed by atoms with E-state index in [1.165, 1.54) is 23.6 Å². The first-order valence-electron chi connectivity index (χ1n) is 7.74. The third-order valence-corrected chi connectivity index (χ3v) is 4.11. The Bertz CT molecular complexity index is 561. The molecule has 1 fully saturated rings. The van der Waals surface area contributed by atoms with Gasteiger partial charge in [-0.1, -0.05) is 43.3 Å². The lowest BCUT2D eigenvalue weighted by molar-refractivity contribution is 0.209. The number of ether oxygens (including phenoxy) is 1. The van der Waals surface area contributed by atoms with Crippen LogP contribution < -0.4 is 10.1 Å². The molecule has 0 heterocycles. The largest absolute Gasteiger partial charge is 0.490 e. The summed E-state index contributed by atoms with van der Waals surface area (Å²) in [4.78, 5) is 0. The molecule has 0 aliphatic heterocycles. The summed E-state index contributed by atoms with van der Waals surface area (Å²) in [5, 5.41) is 6.08. The maximum Gasteiger partial charge on any atom is 0.127 e. The minimum absolute atomic E-state index is 0.357. The summed E-state index contributed by atoms with van der Waals surface area (Å²) in [5.74, 6) is 1.03. The van der Waals surface area contributed by atoms with E-state index < -0.39 is 0 Å². The zero-order valence-electron chi connectivity index (χ0n) is 12.1. The third kappa shape index (κ3) is 2.96. The van der Waals surface area contributed by atoms with E-state index in [9.17, 15) is 0 Å². The zero-order chi connectivity index (χ0) is 13.8. The second kappa shape index (κ2) is 6.27. The molecule has 2 aromatic carbocycles. The Morgan fingerprint density at radius 1 is 1.10 bits per heavy atom. The molecule has 2 unspecified atom stereocenters. The molecular weight excluding hydrogens is 246 g/mol. The van der Waals surface area contributed by atoms with E-state index in [1.807, 2.05) is 0 Å². The van der Waals surface area contributed by atoms with Crippen molar-refractivity contribution in [3.05, 3.63) is 42.5 Å². The van der Waals surface area contributed by atoms with Gasteiger partial charge in [0.25, 0.3) is 0 Å². The molecule has 106 valence electrons. The highest BCUT2D eigenvalue weighted by molar-refractivity contribution is 5.88. The molecule has 2 atom stereocenters. The van der Waals surface area contributed by atoms with E-state index in [0.717, 1.165) is 25.1 Å². The molecule has 0 spiro atoms. The highest BCUT2D eigenvalue weighted by Gasteiger charge is 2.25. The average molecular weight is 269 g/mol. The minimum Gasteiger partial charge on any atom is -0.490 e. The van der Waals surface area contributed by atoms with Crippen LogP contribution in [-0.2, 0) is 0 Å². The van der Waals surface area contributed by atoms with Crippen LogP contribution in [0.5, 0.6) is 5.75 Å². The summed E-state index contributed by atoms with van der Waals surface area (Å²) in [5.41, 5.74) is 0. The lowest BCUT2D eigenvalue weighted by Gasteiger charge is -2.16. The minimum atomic E-state index is 0.357. The molecule has 1 N–H and O–H groups in total. The molecule has 0 saturated heterocycles. The van der Waals surface area contributed by atoms with E-state index in [4.69, 9.17) is 4.74 Å². The predicted molar refractivity (Wildman–Crippen MR) is 84.3 cm³/mol. The van der Waals surface area contributed by atoms with Crippen LogP contribution in [-0.4, -0.2) is 18.7 Å². The van der Waals surface area contributed by atoms with Crippen LogP contribution in [0, 0.1) is 0 Å². The van der Waals surface area contributed by atoms with Gasteiger partial charge in [0.2, 0.25) is 0 Å². The van der Waals surface area contributed by atoms with Crippen LogP contribution in [0.3, 0.4) is 0 Å². The van der Waals surface area contributed by atoms with Crippen molar-refractivity contribution in [3.63, 3.8) is 0 Å². The molecule has 3 rings (SSSR count). The summed E-state index contributed by atoms with van der Waals surface area (Å²) in [6.45, 7) is 3.33. The van der Waals surface area contributed by atoms with Crippen molar-refractivity contribution in [3.8, 4) is 5.75 Å². The van der Waals surface area contributed by atoms with Crippen LogP contribution in [0.2, 0.25) is 0 Å². The molecule has 2 aromatic rings. The Kier molecular flexibility index (Phi) is 4.22. The number of nitrogens with one attached hydrogen (secondary N) is 1. The molecule has 1 saturated carbocycles. The maximum absolute atomic E-state index is 6.26. The smallest absolute Gasteiger partial charge is 0.127 e. The maximum atomic E-state index is 6.26. The van der Waals surface area contributed by atoms with E-state index in [0.29, 0.717) is 12.1 Å².